The Balaban J connectivity index is 1.76. The number of aryl methyl sites for hydroxylation is 1. The Bertz CT molecular complexity index is 474. The van der Waals surface area contributed by atoms with Gasteiger partial charge in [-0.2, -0.15) is 0 Å². The van der Waals surface area contributed by atoms with Crippen molar-refractivity contribution in [2.24, 2.45) is 0 Å². The molecule has 146 valence electrons. The number of nitrogens with zero attached hydrogens (tertiary/aromatic N) is 2. The van der Waals surface area contributed by atoms with Crippen molar-refractivity contribution in [2.45, 2.75) is 96.3 Å². The van der Waals surface area contributed by atoms with Crippen LogP contribution in [0.3, 0.4) is 0 Å². The minimum absolute atomic E-state index is 0.321. The molecule has 4 heteroatoms. The summed E-state index contributed by atoms with van der Waals surface area (Å²) in [6.45, 7) is 0. The molecule has 1 N–H and O–H groups in total. The number of rotatable bonds is 17. The Hall–Kier alpha value is -1.71. The van der Waals surface area contributed by atoms with Gasteiger partial charge in [-0.05, 0) is 44.9 Å². The van der Waals surface area contributed by atoms with Gasteiger partial charge in [0.1, 0.15) is 0 Å². The Labute approximate surface area is 159 Å². The van der Waals surface area contributed by atoms with Gasteiger partial charge in [0.05, 0.1) is 5.69 Å². The van der Waals surface area contributed by atoms with E-state index in [1.54, 1.807) is 12.4 Å². The van der Waals surface area contributed by atoms with E-state index in [1.165, 1.54) is 64.2 Å². The van der Waals surface area contributed by atoms with Crippen molar-refractivity contribution in [2.75, 3.05) is 0 Å². The lowest BCUT2D eigenvalue weighted by Crippen LogP contribution is -1.93. The molecule has 0 saturated heterocycles. The number of hydrogen-bond donors (Lipinski definition) is 1. The second-order valence-electron chi connectivity index (χ2n) is 7.03. The van der Waals surface area contributed by atoms with E-state index < -0.39 is 5.97 Å². The Kier molecular flexibility index (Phi) is 14.4. The summed E-state index contributed by atoms with van der Waals surface area (Å²) >= 11 is 0. The lowest BCUT2D eigenvalue weighted by molar-refractivity contribution is -0.137. The van der Waals surface area contributed by atoms with Gasteiger partial charge in [0, 0.05) is 25.0 Å². The van der Waals surface area contributed by atoms with Crippen molar-refractivity contribution < 1.29 is 9.90 Å². The van der Waals surface area contributed by atoms with Crippen LogP contribution in [0.1, 0.15) is 95.6 Å². The lowest BCUT2D eigenvalue weighted by Gasteiger charge is -2.01. The molecule has 4 nitrogen and oxygen atoms in total. The third-order valence-corrected chi connectivity index (χ3v) is 4.60. The number of carboxylic acid groups (broad SMARTS) is 1. The summed E-state index contributed by atoms with van der Waals surface area (Å²) in [5.74, 6) is -0.671. The minimum atomic E-state index is -0.671. The number of allylic oxidation sites excluding steroid dienone is 2. The Morgan fingerprint density at radius 3 is 1.96 bits per heavy atom. The third kappa shape index (κ3) is 14.6. The lowest BCUT2D eigenvalue weighted by atomic mass is 10.1. The van der Waals surface area contributed by atoms with E-state index in [4.69, 9.17) is 5.11 Å². The highest BCUT2D eigenvalue weighted by atomic mass is 16.4. The number of carboxylic acids is 1. The molecule has 0 spiro atoms. The Morgan fingerprint density at radius 1 is 0.808 bits per heavy atom. The fraction of sp³-hybridized carbons (Fsp3) is 0.682. The molecule has 0 saturated carbocycles. The van der Waals surface area contributed by atoms with Crippen molar-refractivity contribution in [3.8, 4) is 0 Å². The van der Waals surface area contributed by atoms with Gasteiger partial charge in [-0.15, -0.1) is 0 Å². The first-order valence-electron chi connectivity index (χ1n) is 10.4. The van der Waals surface area contributed by atoms with E-state index >= 15 is 0 Å². The van der Waals surface area contributed by atoms with Gasteiger partial charge in [-0.3, -0.25) is 14.8 Å². The SMILES string of the molecule is O=C(O)CCCCCCC/C=C\CCCCCCCCc1cnccn1. The summed E-state index contributed by atoms with van der Waals surface area (Å²) in [6.07, 6.45) is 27.1. The van der Waals surface area contributed by atoms with Crippen LogP contribution in [-0.4, -0.2) is 21.0 Å². The second kappa shape index (κ2) is 16.7. The predicted molar refractivity (Wildman–Crippen MR) is 107 cm³/mol. The van der Waals surface area contributed by atoms with Gasteiger partial charge in [-0.25, -0.2) is 0 Å². The van der Waals surface area contributed by atoms with Crippen LogP contribution in [0.15, 0.2) is 30.7 Å². The van der Waals surface area contributed by atoms with Gasteiger partial charge in [-0.1, -0.05) is 57.1 Å². The third-order valence-electron chi connectivity index (χ3n) is 4.60. The zero-order chi connectivity index (χ0) is 18.7. The summed E-state index contributed by atoms with van der Waals surface area (Å²) in [5.41, 5.74) is 1.11. The van der Waals surface area contributed by atoms with Gasteiger partial charge in [0.15, 0.2) is 0 Å². The number of hydrogen-bond acceptors (Lipinski definition) is 3. The molecule has 0 atom stereocenters. The summed E-state index contributed by atoms with van der Waals surface area (Å²) in [4.78, 5) is 18.8. The molecular formula is C22H36N2O2. The largest absolute Gasteiger partial charge is 0.481 e. The fourth-order valence-corrected chi connectivity index (χ4v) is 3.04. The molecule has 0 amide bonds. The van der Waals surface area contributed by atoms with Gasteiger partial charge < -0.3 is 5.11 Å². The van der Waals surface area contributed by atoms with E-state index in [9.17, 15) is 4.79 Å². The molecule has 1 rings (SSSR count). The maximum atomic E-state index is 10.4. The van der Waals surface area contributed by atoms with E-state index in [0.717, 1.165) is 31.4 Å². The molecule has 0 fully saturated rings. The predicted octanol–water partition coefficient (Wildman–Crippen LogP) is 6.12. The standard InChI is InChI=1S/C22H36N2O2/c25-22(26)17-15-13-11-9-7-5-3-1-2-4-6-8-10-12-14-16-21-20-23-18-19-24-21/h1,3,18-20H,2,4-17H2,(H,25,26)/b3-1-. The van der Waals surface area contributed by atoms with Crippen LogP contribution in [0, 0.1) is 0 Å². The van der Waals surface area contributed by atoms with E-state index in [-0.39, 0.29) is 0 Å². The van der Waals surface area contributed by atoms with Crippen molar-refractivity contribution in [3.63, 3.8) is 0 Å². The first kappa shape index (κ1) is 22.3. The van der Waals surface area contributed by atoms with Crippen molar-refractivity contribution >= 4 is 5.97 Å². The molecule has 1 aromatic rings. The highest BCUT2D eigenvalue weighted by Crippen LogP contribution is 2.11. The van der Waals surface area contributed by atoms with Crippen LogP contribution >= 0.6 is 0 Å². The number of aromatic nitrogens is 2. The normalized spacial score (nSPS) is 11.2. The van der Waals surface area contributed by atoms with Crippen LogP contribution in [-0.2, 0) is 11.2 Å². The van der Waals surface area contributed by atoms with Crippen LogP contribution in [0.2, 0.25) is 0 Å². The maximum Gasteiger partial charge on any atom is 0.303 e. The molecule has 0 aliphatic heterocycles. The minimum Gasteiger partial charge on any atom is -0.481 e. The van der Waals surface area contributed by atoms with Crippen molar-refractivity contribution in [3.05, 3.63) is 36.4 Å². The summed E-state index contributed by atoms with van der Waals surface area (Å²) in [5, 5.41) is 8.56. The molecule has 0 aliphatic rings. The van der Waals surface area contributed by atoms with Crippen molar-refractivity contribution in [1.29, 1.82) is 0 Å². The average Bonchev–Trinajstić information content (AvgIpc) is 2.65. The average molecular weight is 361 g/mol. The van der Waals surface area contributed by atoms with Crippen LogP contribution in [0.5, 0.6) is 0 Å². The maximum absolute atomic E-state index is 10.4. The van der Waals surface area contributed by atoms with Gasteiger partial charge in [0.2, 0.25) is 0 Å². The van der Waals surface area contributed by atoms with E-state index in [1.807, 2.05) is 6.20 Å². The van der Waals surface area contributed by atoms with E-state index in [0.29, 0.717) is 6.42 Å². The number of carbonyl (C=O) groups is 1. The molecular weight excluding hydrogens is 324 g/mol. The molecule has 0 aromatic carbocycles. The summed E-state index contributed by atoms with van der Waals surface area (Å²) in [6, 6.07) is 0. The molecule has 26 heavy (non-hydrogen) atoms. The second-order valence-corrected chi connectivity index (χ2v) is 7.03. The molecule has 0 aliphatic carbocycles. The zero-order valence-corrected chi connectivity index (χ0v) is 16.2. The molecule has 0 unspecified atom stereocenters. The van der Waals surface area contributed by atoms with Crippen LogP contribution in [0.4, 0.5) is 0 Å². The van der Waals surface area contributed by atoms with Crippen LogP contribution < -0.4 is 0 Å². The van der Waals surface area contributed by atoms with Gasteiger partial charge >= 0.3 is 5.97 Å². The topological polar surface area (TPSA) is 63.1 Å². The van der Waals surface area contributed by atoms with E-state index in [2.05, 4.69) is 22.1 Å². The molecule has 0 bridgehead atoms. The fourth-order valence-electron chi connectivity index (χ4n) is 3.04. The smallest absolute Gasteiger partial charge is 0.303 e. The van der Waals surface area contributed by atoms with Gasteiger partial charge in [0.25, 0.3) is 0 Å². The highest BCUT2D eigenvalue weighted by molar-refractivity contribution is 5.66. The van der Waals surface area contributed by atoms with Crippen LogP contribution in [0.25, 0.3) is 0 Å². The summed E-state index contributed by atoms with van der Waals surface area (Å²) < 4.78 is 0. The number of aliphatic carboxylic acids is 1. The summed E-state index contributed by atoms with van der Waals surface area (Å²) in [7, 11) is 0. The van der Waals surface area contributed by atoms with Crippen molar-refractivity contribution in [1.82, 2.24) is 9.97 Å². The zero-order valence-electron chi connectivity index (χ0n) is 16.2. The number of unbranched alkanes of at least 4 members (excludes halogenated alkanes) is 11. The molecule has 0 radical (unpaired) electrons. The Morgan fingerprint density at radius 2 is 1.38 bits per heavy atom. The molecule has 1 aromatic heterocycles. The first-order chi connectivity index (χ1) is 12.8. The molecule has 1 heterocycles. The quantitative estimate of drug-likeness (QED) is 0.268. The highest BCUT2D eigenvalue weighted by Gasteiger charge is 1.96. The first-order valence-corrected chi connectivity index (χ1v) is 10.4. The monoisotopic (exact) mass is 360 g/mol.